The Morgan fingerprint density at radius 1 is 0.952 bits per heavy atom. The molecule has 110 valence electrons. The first kappa shape index (κ1) is 14.5. The molecule has 0 amide bonds. The fraction of sp³-hybridized carbons (Fsp3) is 0.250. The predicted molar refractivity (Wildman–Crippen MR) is 84.9 cm³/mol. The van der Waals surface area contributed by atoms with E-state index in [1.54, 1.807) is 24.3 Å². The molecule has 1 unspecified atom stereocenters. The molecule has 5 heteroatoms. The van der Waals surface area contributed by atoms with Crippen molar-refractivity contribution in [3.05, 3.63) is 52.5 Å². The van der Waals surface area contributed by atoms with Crippen LogP contribution < -0.4 is 14.8 Å². The van der Waals surface area contributed by atoms with Crippen molar-refractivity contribution < 1.29 is 9.47 Å². The maximum Gasteiger partial charge on any atom is 0.170 e. The quantitative estimate of drug-likeness (QED) is 0.896. The van der Waals surface area contributed by atoms with Gasteiger partial charge in [0.25, 0.3) is 0 Å². The molecule has 21 heavy (non-hydrogen) atoms. The van der Waals surface area contributed by atoms with Crippen LogP contribution in [0.25, 0.3) is 0 Å². The molecular weight excluding hydrogens is 309 g/mol. The summed E-state index contributed by atoms with van der Waals surface area (Å²) in [5.41, 5.74) is 0. The van der Waals surface area contributed by atoms with E-state index in [0.29, 0.717) is 27.3 Å². The van der Waals surface area contributed by atoms with E-state index in [1.807, 2.05) is 18.2 Å². The van der Waals surface area contributed by atoms with Crippen molar-refractivity contribution in [2.45, 2.75) is 12.5 Å². The largest absolute Gasteiger partial charge is 0.485 e. The van der Waals surface area contributed by atoms with Crippen LogP contribution in [0.3, 0.4) is 0 Å². The SMILES string of the molecule is Clc1ccc(Oc2cc(Cl)ccc2OC2CCNC2)cc1. The summed E-state index contributed by atoms with van der Waals surface area (Å²) in [5, 5.41) is 4.55. The van der Waals surface area contributed by atoms with Gasteiger partial charge in [-0.15, -0.1) is 0 Å². The summed E-state index contributed by atoms with van der Waals surface area (Å²) in [5.74, 6) is 2.00. The van der Waals surface area contributed by atoms with Gasteiger partial charge in [0.15, 0.2) is 11.5 Å². The second-order valence-electron chi connectivity index (χ2n) is 4.88. The van der Waals surface area contributed by atoms with Gasteiger partial charge in [-0.25, -0.2) is 0 Å². The summed E-state index contributed by atoms with van der Waals surface area (Å²) in [6.07, 6.45) is 1.15. The molecule has 3 rings (SSSR count). The summed E-state index contributed by atoms with van der Waals surface area (Å²) >= 11 is 11.9. The highest BCUT2D eigenvalue weighted by atomic mass is 35.5. The van der Waals surface area contributed by atoms with Gasteiger partial charge in [-0.1, -0.05) is 23.2 Å². The molecule has 3 nitrogen and oxygen atoms in total. The van der Waals surface area contributed by atoms with Crippen molar-refractivity contribution in [3.63, 3.8) is 0 Å². The fourth-order valence-electron chi connectivity index (χ4n) is 2.20. The maximum absolute atomic E-state index is 6.06. The average molecular weight is 324 g/mol. The Bertz CT molecular complexity index is 610. The number of nitrogens with one attached hydrogen (secondary N) is 1. The van der Waals surface area contributed by atoms with Crippen LogP contribution in [0.15, 0.2) is 42.5 Å². The van der Waals surface area contributed by atoms with Crippen molar-refractivity contribution in [2.75, 3.05) is 13.1 Å². The van der Waals surface area contributed by atoms with Crippen LogP contribution in [0.5, 0.6) is 17.2 Å². The lowest BCUT2D eigenvalue weighted by Crippen LogP contribution is -2.19. The van der Waals surface area contributed by atoms with Crippen LogP contribution in [0.2, 0.25) is 10.0 Å². The van der Waals surface area contributed by atoms with Gasteiger partial charge >= 0.3 is 0 Å². The Morgan fingerprint density at radius 3 is 2.43 bits per heavy atom. The smallest absolute Gasteiger partial charge is 0.170 e. The lowest BCUT2D eigenvalue weighted by Gasteiger charge is -2.16. The molecule has 1 atom stereocenters. The van der Waals surface area contributed by atoms with E-state index in [-0.39, 0.29) is 6.10 Å². The molecule has 0 bridgehead atoms. The monoisotopic (exact) mass is 323 g/mol. The summed E-state index contributed by atoms with van der Waals surface area (Å²) < 4.78 is 11.9. The summed E-state index contributed by atoms with van der Waals surface area (Å²) in [6, 6.07) is 12.6. The molecule has 2 aromatic rings. The minimum atomic E-state index is 0.166. The van der Waals surface area contributed by atoms with Gasteiger partial charge < -0.3 is 14.8 Å². The van der Waals surface area contributed by atoms with E-state index < -0.39 is 0 Å². The third-order valence-corrected chi connectivity index (χ3v) is 3.74. The molecule has 0 radical (unpaired) electrons. The van der Waals surface area contributed by atoms with Crippen molar-refractivity contribution in [1.82, 2.24) is 5.32 Å². The standard InChI is InChI=1S/C16H15Cl2NO2/c17-11-1-4-13(5-2-11)20-16-9-12(18)3-6-15(16)21-14-7-8-19-10-14/h1-6,9,14,19H,7-8,10H2. The summed E-state index contributed by atoms with van der Waals surface area (Å²) in [7, 11) is 0. The first-order valence-corrected chi connectivity index (χ1v) is 7.56. The van der Waals surface area contributed by atoms with E-state index in [4.69, 9.17) is 32.7 Å². The van der Waals surface area contributed by atoms with Gasteiger partial charge in [0.2, 0.25) is 0 Å². The summed E-state index contributed by atoms with van der Waals surface area (Å²) in [6.45, 7) is 1.83. The Balaban J connectivity index is 1.81. The van der Waals surface area contributed by atoms with Gasteiger partial charge in [-0.2, -0.15) is 0 Å². The molecule has 1 fully saturated rings. The zero-order chi connectivity index (χ0) is 14.7. The molecule has 1 saturated heterocycles. The maximum atomic E-state index is 6.06. The van der Waals surface area contributed by atoms with Crippen LogP contribution in [-0.2, 0) is 0 Å². The second-order valence-corrected chi connectivity index (χ2v) is 5.75. The fourth-order valence-corrected chi connectivity index (χ4v) is 2.49. The lowest BCUT2D eigenvalue weighted by atomic mass is 10.3. The van der Waals surface area contributed by atoms with Gasteiger partial charge in [-0.3, -0.25) is 0 Å². The minimum Gasteiger partial charge on any atom is -0.485 e. The zero-order valence-electron chi connectivity index (χ0n) is 11.3. The molecule has 0 saturated carbocycles. The first-order chi connectivity index (χ1) is 10.2. The third kappa shape index (κ3) is 3.82. The van der Waals surface area contributed by atoms with E-state index in [0.717, 1.165) is 19.5 Å². The van der Waals surface area contributed by atoms with Crippen LogP contribution in [-0.4, -0.2) is 19.2 Å². The lowest BCUT2D eigenvalue weighted by molar-refractivity contribution is 0.215. The van der Waals surface area contributed by atoms with Crippen molar-refractivity contribution >= 4 is 23.2 Å². The Hall–Kier alpha value is -1.42. The normalized spacial score (nSPS) is 17.7. The van der Waals surface area contributed by atoms with Gasteiger partial charge in [0.05, 0.1) is 0 Å². The molecule has 0 aliphatic carbocycles. The molecule has 0 spiro atoms. The number of hydrogen-bond donors (Lipinski definition) is 1. The Morgan fingerprint density at radius 2 is 1.71 bits per heavy atom. The van der Waals surface area contributed by atoms with Gasteiger partial charge in [-0.05, 0) is 49.4 Å². The van der Waals surface area contributed by atoms with Crippen LogP contribution in [0.1, 0.15) is 6.42 Å². The highest BCUT2D eigenvalue weighted by molar-refractivity contribution is 6.31. The molecular formula is C16H15Cl2NO2. The van der Waals surface area contributed by atoms with Crippen molar-refractivity contribution in [1.29, 1.82) is 0 Å². The molecule has 1 aliphatic rings. The number of hydrogen-bond acceptors (Lipinski definition) is 3. The zero-order valence-corrected chi connectivity index (χ0v) is 12.8. The molecule has 1 aliphatic heterocycles. The van der Waals surface area contributed by atoms with Gasteiger partial charge in [0, 0.05) is 22.7 Å². The van der Waals surface area contributed by atoms with Gasteiger partial charge in [0.1, 0.15) is 11.9 Å². The van der Waals surface area contributed by atoms with Crippen LogP contribution in [0.4, 0.5) is 0 Å². The molecule has 2 aromatic carbocycles. The highest BCUT2D eigenvalue weighted by Crippen LogP contribution is 2.35. The topological polar surface area (TPSA) is 30.5 Å². The number of halogens is 2. The number of rotatable bonds is 4. The van der Waals surface area contributed by atoms with Crippen molar-refractivity contribution in [3.8, 4) is 17.2 Å². The highest BCUT2D eigenvalue weighted by Gasteiger charge is 2.18. The molecule has 0 aromatic heterocycles. The van der Waals surface area contributed by atoms with E-state index in [1.165, 1.54) is 0 Å². The molecule has 1 N–H and O–H groups in total. The Labute approximate surface area is 133 Å². The predicted octanol–water partition coefficient (Wildman–Crippen LogP) is 4.53. The second kappa shape index (κ2) is 6.56. The number of benzene rings is 2. The van der Waals surface area contributed by atoms with E-state index >= 15 is 0 Å². The van der Waals surface area contributed by atoms with E-state index in [2.05, 4.69) is 5.32 Å². The molecule has 1 heterocycles. The van der Waals surface area contributed by atoms with Crippen molar-refractivity contribution in [2.24, 2.45) is 0 Å². The Kier molecular flexibility index (Phi) is 4.54. The minimum absolute atomic E-state index is 0.166. The number of ether oxygens (including phenoxy) is 2. The van der Waals surface area contributed by atoms with E-state index in [9.17, 15) is 0 Å². The van der Waals surface area contributed by atoms with Crippen LogP contribution in [0, 0.1) is 0 Å². The van der Waals surface area contributed by atoms with Crippen LogP contribution >= 0.6 is 23.2 Å². The third-order valence-electron chi connectivity index (χ3n) is 3.26. The summed E-state index contributed by atoms with van der Waals surface area (Å²) in [4.78, 5) is 0. The first-order valence-electron chi connectivity index (χ1n) is 6.81. The average Bonchev–Trinajstić information content (AvgIpc) is 2.97.